The molecule has 2 rings (SSSR count). The molecular formula is C19H29NO5. The first kappa shape index (κ1) is 19.5. The van der Waals surface area contributed by atoms with Crippen LogP contribution in [0, 0.1) is 5.92 Å². The minimum absolute atomic E-state index is 0.155. The first-order chi connectivity index (χ1) is 12.0. The van der Waals surface area contributed by atoms with Gasteiger partial charge in [-0.25, -0.2) is 4.79 Å². The van der Waals surface area contributed by atoms with Crippen LogP contribution in [0.5, 0.6) is 11.5 Å². The molecule has 0 aliphatic heterocycles. The van der Waals surface area contributed by atoms with Crippen LogP contribution in [0.25, 0.3) is 0 Å². The highest BCUT2D eigenvalue weighted by atomic mass is 16.5. The Morgan fingerprint density at radius 2 is 2.04 bits per heavy atom. The Bertz CT molecular complexity index is 563. The van der Waals surface area contributed by atoms with E-state index < -0.39 is 12.1 Å². The molecule has 1 aliphatic carbocycles. The third kappa shape index (κ3) is 5.61. The van der Waals surface area contributed by atoms with Crippen LogP contribution in [-0.2, 0) is 4.74 Å². The quantitative estimate of drug-likeness (QED) is 0.701. The highest BCUT2D eigenvalue weighted by molar-refractivity contribution is 5.90. The largest absolute Gasteiger partial charge is 0.493 e. The number of ether oxygens (including phenoxy) is 3. The average molecular weight is 351 g/mol. The molecule has 6 nitrogen and oxygen atoms in total. The van der Waals surface area contributed by atoms with E-state index in [1.54, 1.807) is 18.2 Å². The molecule has 0 aromatic heterocycles. The van der Waals surface area contributed by atoms with Crippen LogP contribution in [0.1, 0.15) is 43.0 Å². The molecule has 0 saturated heterocycles. The number of carbonyl (C=O) groups excluding carboxylic acids is 1. The van der Waals surface area contributed by atoms with Gasteiger partial charge in [-0.3, -0.25) is 0 Å². The zero-order valence-electron chi connectivity index (χ0n) is 15.3. The molecule has 6 heteroatoms. The molecule has 3 atom stereocenters. The lowest BCUT2D eigenvalue weighted by Gasteiger charge is -2.30. The highest BCUT2D eigenvalue weighted by Gasteiger charge is 2.21. The van der Waals surface area contributed by atoms with Gasteiger partial charge in [0.25, 0.3) is 0 Å². The summed E-state index contributed by atoms with van der Waals surface area (Å²) in [6.45, 7) is 2.91. The molecule has 1 aromatic carbocycles. The zero-order valence-corrected chi connectivity index (χ0v) is 15.3. The molecule has 140 valence electrons. The fourth-order valence-electron chi connectivity index (χ4n) is 3.18. The van der Waals surface area contributed by atoms with Crippen molar-refractivity contribution < 1.29 is 24.1 Å². The van der Waals surface area contributed by atoms with Crippen molar-refractivity contribution in [3.63, 3.8) is 0 Å². The summed E-state index contributed by atoms with van der Waals surface area (Å²) in [5.41, 5.74) is 0.389. The molecule has 0 spiro atoms. The smallest absolute Gasteiger partial charge is 0.337 e. The van der Waals surface area contributed by atoms with Crippen LogP contribution >= 0.6 is 0 Å². The number of benzene rings is 1. The Kier molecular flexibility index (Phi) is 7.52. The van der Waals surface area contributed by atoms with Crippen molar-refractivity contribution in [3.05, 3.63) is 23.8 Å². The Hall–Kier alpha value is -1.79. The van der Waals surface area contributed by atoms with E-state index in [4.69, 9.17) is 9.47 Å². The van der Waals surface area contributed by atoms with Gasteiger partial charge in [-0.2, -0.15) is 0 Å². The van der Waals surface area contributed by atoms with Crippen LogP contribution in [0.4, 0.5) is 0 Å². The molecule has 2 N–H and O–H groups in total. The molecular weight excluding hydrogens is 322 g/mol. The van der Waals surface area contributed by atoms with Gasteiger partial charge < -0.3 is 24.6 Å². The molecule has 0 bridgehead atoms. The Morgan fingerprint density at radius 1 is 1.28 bits per heavy atom. The molecule has 1 aliphatic rings. The summed E-state index contributed by atoms with van der Waals surface area (Å²) >= 11 is 0. The third-order valence-electron chi connectivity index (χ3n) is 4.74. The SMILES string of the molecule is COC(=O)c1ccc(OCC(O)CNC2CCCCC2C)c(OC)c1. The van der Waals surface area contributed by atoms with Gasteiger partial charge in [-0.15, -0.1) is 0 Å². The van der Waals surface area contributed by atoms with E-state index in [2.05, 4.69) is 17.0 Å². The second-order valence-electron chi connectivity index (χ2n) is 6.60. The number of rotatable bonds is 8. The molecule has 1 fully saturated rings. The van der Waals surface area contributed by atoms with Gasteiger partial charge in [0.2, 0.25) is 0 Å². The number of esters is 1. The first-order valence-electron chi connectivity index (χ1n) is 8.85. The summed E-state index contributed by atoms with van der Waals surface area (Å²) < 4.78 is 15.6. The maximum absolute atomic E-state index is 11.6. The number of hydrogen-bond donors (Lipinski definition) is 2. The summed E-state index contributed by atoms with van der Waals surface area (Å²) in [6.07, 6.45) is 4.34. The number of hydrogen-bond acceptors (Lipinski definition) is 6. The Labute approximate surface area is 149 Å². The van der Waals surface area contributed by atoms with Crippen LogP contribution in [0.15, 0.2) is 18.2 Å². The maximum atomic E-state index is 11.6. The summed E-state index contributed by atoms with van der Waals surface area (Å²) in [5, 5.41) is 13.6. The molecule has 3 unspecified atom stereocenters. The molecule has 1 aromatic rings. The van der Waals surface area contributed by atoms with E-state index in [-0.39, 0.29) is 6.61 Å². The minimum Gasteiger partial charge on any atom is -0.493 e. The van der Waals surface area contributed by atoms with Crippen LogP contribution < -0.4 is 14.8 Å². The van der Waals surface area contributed by atoms with E-state index >= 15 is 0 Å². The second kappa shape index (κ2) is 9.63. The average Bonchev–Trinajstić information content (AvgIpc) is 2.64. The lowest BCUT2D eigenvalue weighted by molar-refractivity contribution is 0.0600. The normalized spacial score (nSPS) is 21.4. The lowest BCUT2D eigenvalue weighted by Crippen LogP contribution is -2.42. The van der Waals surface area contributed by atoms with Crippen molar-refractivity contribution in [1.82, 2.24) is 5.32 Å². The van der Waals surface area contributed by atoms with Gasteiger partial charge in [0.15, 0.2) is 11.5 Å². The van der Waals surface area contributed by atoms with Crippen molar-refractivity contribution in [2.45, 2.75) is 44.8 Å². The fraction of sp³-hybridized carbons (Fsp3) is 0.632. The van der Waals surface area contributed by atoms with Gasteiger partial charge in [0.05, 0.1) is 19.8 Å². The first-order valence-corrected chi connectivity index (χ1v) is 8.85. The van der Waals surface area contributed by atoms with Gasteiger partial charge in [0, 0.05) is 12.6 Å². The van der Waals surface area contributed by atoms with Crippen molar-refractivity contribution in [1.29, 1.82) is 0 Å². The number of carbonyl (C=O) groups is 1. The monoisotopic (exact) mass is 351 g/mol. The predicted octanol–water partition coefficient (Wildman–Crippen LogP) is 2.39. The summed E-state index contributed by atoms with van der Waals surface area (Å²) in [7, 11) is 2.83. The number of nitrogens with one attached hydrogen (secondary N) is 1. The van der Waals surface area contributed by atoms with Crippen LogP contribution in [0.3, 0.4) is 0 Å². The number of aliphatic hydroxyl groups is 1. The molecule has 0 radical (unpaired) electrons. The maximum Gasteiger partial charge on any atom is 0.337 e. The highest BCUT2D eigenvalue weighted by Crippen LogP contribution is 2.28. The summed E-state index contributed by atoms with van der Waals surface area (Å²) in [4.78, 5) is 11.6. The topological polar surface area (TPSA) is 77.0 Å². The summed E-state index contributed by atoms with van der Waals surface area (Å²) in [5.74, 6) is 1.13. The number of aliphatic hydroxyl groups excluding tert-OH is 1. The van der Waals surface area contributed by atoms with E-state index in [1.165, 1.54) is 33.5 Å². The predicted molar refractivity (Wildman–Crippen MR) is 95.3 cm³/mol. The second-order valence-corrected chi connectivity index (χ2v) is 6.60. The summed E-state index contributed by atoms with van der Waals surface area (Å²) in [6, 6.07) is 5.29. The molecule has 0 amide bonds. The van der Waals surface area contributed by atoms with Crippen LogP contribution in [0.2, 0.25) is 0 Å². The lowest BCUT2D eigenvalue weighted by atomic mass is 9.86. The standard InChI is InChI=1S/C19H29NO5/c1-13-6-4-5-7-16(13)20-11-15(21)12-25-17-9-8-14(19(22)24-3)10-18(17)23-2/h8-10,13,15-16,20-21H,4-7,11-12H2,1-3H3. The van der Waals surface area contributed by atoms with Crippen molar-refractivity contribution in [2.75, 3.05) is 27.4 Å². The third-order valence-corrected chi connectivity index (χ3v) is 4.74. The van der Waals surface area contributed by atoms with E-state index in [1.807, 2.05) is 0 Å². The Morgan fingerprint density at radius 3 is 2.72 bits per heavy atom. The van der Waals surface area contributed by atoms with E-state index in [9.17, 15) is 9.90 Å². The van der Waals surface area contributed by atoms with Gasteiger partial charge >= 0.3 is 5.97 Å². The molecule has 0 heterocycles. The van der Waals surface area contributed by atoms with Gasteiger partial charge in [-0.1, -0.05) is 19.8 Å². The minimum atomic E-state index is -0.612. The van der Waals surface area contributed by atoms with Crippen molar-refractivity contribution in [3.8, 4) is 11.5 Å². The van der Waals surface area contributed by atoms with Crippen LogP contribution in [-0.4, -0.2) is 50.6 Å². The van der Waals surface area contributed by atoms with Gasteiger partial charge in [0.1, 0.15) is 12.7 Å². The zero-order chi connectivity index (χ0) is 18.2. The van der Waals surface area contributed by atoms with E-state index in [0.29, 0.717) is 35.6 Å². The Balaban J connectivity index is 1.84. The van der Waals surface area contributed by atoms with Crippen molar-refractivity contribution in [2.24, 2.45) is 5.92 Å². The fourth-order valence-corrected chi connectivity index (χ4v) is 3.18. The molecule has 25 heavy (non-hydrogen) atoms. The molecule has 1 saturated carbocycles. The van der Waals surface area contributed by atoms with E-state index in [0.717, 1.165) is 6.42 Å². The van der Waals surface area contributed by atoms with Crippen molar-refractivity contribution >= 4 is 5.97 Å². The van der Waals surface area contributed by atoms with Gasteiger partial charge in [-0.05, 0) is 37.0 Å². The number of methoxy groups -OCH3 is 2.